The summed E-state index contributed by atoms with van der Waals surface area (Å²) in [5.41, 5.74) is 5.89. The van der Waals surface area contributed by atoms with E-state index in [0.717, 1.165) is 38.5 Å². The molecule has 0 aromatic carbocycles. The minimum Gasteiger partial charge on any atom is -0.388 e. The number of unbranched alkanes of at least 4 members (excludes halogenated alkanes) is 3. The molecule has 134 valence electrons. The molecule has 0 aromatic rings. The third kappa shape index (κ3) is 7.38. The Hall–Kier alpha value is -0.200. The zero-order chi connectivity index (χ0) is 16.8. The van der Waals surface area contributed by atoms with E-state index >= 15 is 0 Å². The minimum atomic E-state index is -1.17. The molecule has 0 radical (unpaired) electrons. The van der Waals surface area contributed by atoms with E-state index in [-0.39, 0.29) is 6.54 Å². The lowest BCUT2D eigenvalue weighted by molar-refractivity contribution is -0.325. The van der Waals surface area contributed by atoms with Gasteiger partial charge in [-0.25, -0.2) is 0 Å². The first-order valence-corrected chi connectivity index (χ1v) is 8.86. The van der Waals surface area contributed by atoms with Crippen LogP contribution in [0.25, 0.3) is 0 Å². The van der Waals surface area contributed by atoms with Crippen LogP contribution in [0.2, 0.25) is 0 Å². The van der Waals surface area contributed by atoms with Crippen LogP contribution in [-0.2, 0) is 14.2 Å². The van der Waals surface area contributed by atoms with Gasteiger partial charge in [-0.05, 0) is 26.2 Å². The van der Waals surface area contributed by atoms with Gasteiger partial charge in [-0.3, -0.25) is 0 Å². The highest BCUT2D eigenvalue weighted by Gasteiger charge is 2.46. The summed E-state index contributed by atoms with van der Waals surface area (Å²) in [5, 5.41) is 10.3. The number of hydrogen-bond acceptors (Lipinski definition) is 5. The number of rotatable bonds is 15. The molecular weight excluding hydrogens is 282 g/mol. The van der Waals surface area contributed by atoms with Crippen molar-refractivity contribution in [2.45, 2.75) is 84.2 Å². The highest BCUT2D eigenvalue weighted by atomic mass is 16.7. The Kier molecular flexibility index (Phi) is 13.1. The van der Waals surface area contributed by atoms with Crippen molar-refractivity contribution in [3.63, 3.8) is 0 Å². The van der Waals surface area contributed by atoms with E-state index < -0.39 is 18.0 Å². The fraction of sp³-hybridized carbons (Fsp3) is 1.00. The molecule has 0 amide bonds. The summed E-state index contributed by atoms with van der Waals surface area (Å²) in [7, 11) is 0. The molecule has 0 saturated carbocycles. The molecule has 0 aliphatic carbocycles. The molecule has 0 saturated heterocycles. The Balaban J connectivity index is 4.99. The molecule has 0 heterocycles. The summed E-state index contributed by atoms with van der Waals surface area (Å²) in [6.45, 7) is 9.91. The maximum Gasteiger partial charge on any atom is 0.222 e. The van der Waals surface area contributed by atoms with E-state index in [1.165, 1.54) is 0 Å². The highest BCUT2D eigenvalue weighted by Crippen LogP contribution is 2.27. The van der Waals surface area contributed by atoms with E-state index in [0.29, 0.717) is 19.8 Å². The van der Waals surface area contributed by atoms with Gasteiger partial charge in [-0.1, -0.05) is 40.0 Å². The van der Waals surface area contributed by atoms with Crippen molar-refractivity contribution in [1.82, 2.24) is 0 Å². The quantitative estimate of drug-likeness (QED) is 0.359. The minimum absolute atomic E-state index is 0.257. The van der Waals surface area contributed by atoms with Crippen LogP contribution in [0.3, 0.4) is 0 Å². The van der Waals surface area contributed by atoms with E-state index in [4.69, 9.17) is 19.9 Å². The van der Waals surface area contributed by atoms with Gasteiger partial charge in [0, 0.05) is 13.2 Å². The molecule has 0 fully saturated rings. The molecule has 22 heavy (non-hydrogen) atoms. The normalized spacial score (nSPS) is 15.0. The summed E-state index contributed by atoms with van der Waals surface area (Å²) < 4.78 is 17.9. The van der Waals surface area contributed by atoms with Crippen LogP contribution >= 0.6 is 0 Å². The van der Waals surface area contributed by atoms with Gasteiger partial charge < -0.3 is 25.1 Å². The summed E-state index contributed by atoms with van der Waals surface area (Å²) in [6, 6.07) is 0. The Bertz CT molecular complexity index is 239. The average Bonchev–Trinajstić information content (AvgIpc) is 2.50. The average molecular weight is 319 g/mol. The molecule has 5 nitrogen and oxygen atoms in total. The summed E-state index contributed by atoms with van der Waals surface area (Å²) >= 11 is 0. The second-order valence-corrected chi connectivity index (χ2v) is 5.75. The van der Waals surface area contributed by atoms with E-state index in [1.54, 1.807) is 6.92 Å². The molecule has 0 bridgehead atoms. The lowest BCUT2D eigenvalue weighted by atomic mass is 10.0. The molecule has 3 N–H and O–H groups in total. The van der Waals surface area contributed by atoms with Gasteiger partial charge in [0.1, 0.15) is 12.2 Å². The van der Waals surface area contributed by atoms with Gasteiger partial charge in [0.25, 0.3) is 0 Å². The van der Waals surface area contributed by atoms with Gasteiger partial charge in [-0.15, -0.1) is 0 Å². The van der Waals surface area contributed by atoms with E-state index in [1.807, 2.05) is 0 Å². The first-order valence-electron chi connectivity index (χ1n) is 8.86. The zero-order valence-corrected chi connectivity index (χ0v) is 15.0. The molecule has 5 heteroatoms. The first-order chi connectivity index (χ1) is 10.6. The Morgan fingerprint density at radius 2 is 1.36 bits per heavy atom. The van der Waals surface area contributed by atoms with Crippen molar-refractivity contribution in [1.29, 1.82) is 0 Å². The molecular formula is C17H37NO4. The van der Waals surface area contributed by atoms with Gasteiger partial charge in [0.15, 0.2) is 0 Å². The smallest absolute Gasteiger partial charge is 0.222 e. The standard InChI is InChI=1S/C17H37NO4/c1-5-8-11-20-16(14-18)17(15(4)19,21-12-9-6-2)22-13-10-7-3/h15-16,19H,5-14,18H2,1-4H3. The molecule has 0 aromatic heterocycles. The maximum atomic E-state index is 10.3. The van der Waals surface area contributed by atoms with Crippen molar-refractivity contribution < 1.29 is 19.3 Å². The Morgan fingerprint density at radius 3 is 1.73 bits per heavy atom. The van der Waals surface area contributed by atoms with Gasteiger partial charge in [0.05, 0.1) is 13.2 Å². The molecule has 2 unspecified atom stereocenters. The van der Waals surface area contributed by atoms with Crippen LogP contribution in [0.4, 0.5) is 0 Å². The number of aliphatic hydroxyl groups is 1. The van der Waals surface area contributed by atoms with Gasteiger partial charge in [-0.2, -0.15) is 0 Å². The number of hydrogen-bond donors (Lipinski definition) is 2. The van der Waals surface area contributed by atoms with Crippen LogP contribution in [0.1, 0.15) is 66.2 Å². The number of ether oxygens (including phenoxy) is 3. The molecule has 0 aliphatic rings. The second-order valence-electron chi connectivity index (χ2n) is 5.75. The van der Waals surface area contributed by atoms with Crippen LogP contribution in [0, 0.1) is 0 Å². The predicted octanol–water partition coefficient (Wildman–Crippen LogP) is 2.84. The van der Waals surface area contributed by atoms with Crippen LogP contribution in [-0.4, -0.2) is 49.5 Å². The van der Waals surface area contributed by atoms with E-state index in [9.17, 15) is 5.11 Å². The third-order valence-corrected chi connectivity index (χ3v) is 3.71. The van der Waals surface area contributed by atoms with Gasteiger partial charge >= 0.3 is 0 Å². The monoisotopic (exact) mass is 319 g/mol. The molecule has 2 atom stereocenters. The molecule has 0 rings (SSSR count). The molecule has 0 aliphatic heterocycles. The van der Waals surface area contributed by atoms with Gasteiger partial charge in [0.2, 0.25) is 5.79 Å². The van der Waals surface area contributed by atoms with Crippen LogP contribution < -0.4 is 5.73 Å². The molecule has 0 spiro atoms. The van der Waals surface area contributed by atoms with Crippen molar-refractivity contribution in [3.05, 3.63) is 0 Å². The Labute approximate surface area is 136 Å². The predicted molar refractivity (Wildman–Crippen MR) is 89.8 cm³/mol. The third-order valence-electron chi connectivity index (χ3n) is 3.71. The summed E-state index contributed by atoms with van der Waals surface area (Å²) in [5.74, 6) is -1.17. The van der Waals surface area contributed by atoms with Crippen LogP contribution in [0.15, 0.2) is 0 Å². The first kappa shape index (κ1) is 21.8. The number of nitrogens with two attached hydrogens (primary N) is 1. The van der Waals surface area contributed by atoms with Crippen molar-refractivity contribution in [3.8, 4) is 0 Å². The number of aliphatic hydroxyl groups excluding tert-OH is 1. The Morgan fingerprint density at radius 1 is 0.909 bits per heavy atom. The largest absolute Gasteiger partial charge is 0.388 e. The zero-order valence-electron chi connectivity index (χ0n) is 15.0. The SMILES string of the molecule is CCCCOC(CN)C(OCCCC)(OCCCC)C(C)O. The second kappa shape index (κ2) is 13.3. The summed E-state index contributed by atoms with van der Waals surface area (Å²) in [4.78, 5) is 0. The highest BCUT2D eigenvalue weighted by molar-refractivity contribution is 4.87. The topological polar surface area (TPSA) is 73.9 Å². The van der Waals surface area contributed by atoms with Crippen molar-refractivity contribution in [2.75, 3.05) is 26.4 Å². The fourth-order valence-electron chi connectivity index (χ4n) is 2.21. The van der Waals surface area contributed by atoms with Crippen molar-refractivity contribution >= 4 is 0 Å². The summed E-state index contributed by atoms with van der Waals surface area (Å²) in [6.07, 6.45) is 4.60. The lowest BCUT2D eigenvalue weighted by Crippen LogP contribution is -2.59. The lowest BCUT2D eigenvalue weighted by Gasteiger charge is -2.41. The van der Waals surface area contributed by atoms with Crippen LogP contribution in [0.5, 0.6) is 0 Å². The fourth-order valence-corrected chi connectivity index (χ4v) is 2.21. The van der Waals surface area contributed by atoms with Crippen molar-refractivity contribution in [2.24, 2.45) is 5.73 Å². The van der Waals surface area contributed by atoms with E-state index in [2.05, 4.69) is 20.8 Å². The maximum absolute atomic E-state index is 10.3.